The van der Waals surface area contributed by atoms with E-state index < -0.39 is 36.5 Å². The predicted octanol–water partition coefficient (Wildman–Crippen LogP) is 1.21. The highest BCUT2D eigenvalue weighted by atomic mass is 16.7. The maximum atomic E-state index is 11.6. The molecule has 0 aromatic heterocycles. The second-order valence-electron chi connectivity index (χ2n) is 5.76. The van der Waals surface area contributed by atoms with E-state index in [-0.39, 0.29) is 12.5 Å². The molecule has 8 nitrogen and oxygen atoms in total. The van der Waals surface area contributed by atoms with Crippen molar-refractivity contribution in [1.29, 1.82) is 0 Å². The molecule has 1 amide bonds. The molecular formula is C13H23NO7. The number of hydrogen-bond donors (Lipinski definition) is 2. The van der Waals surface area contributed by atoms with E-state index in [2.05, 4.69) is 14.8 Å². The van der Waals surface area contributed by atoms with Gasteiger partial charge in [0.25, 0.3) is 0 Å². The summed E-state index contributed by atoms with van der Waals surface area (Å²) in [7, 11) is 0. The third-order valence-corrected chi connectivity index (χ3v) is 1.88. The third-order valence-electron chi connectivity index (χ3n) is 1.88. The highest BCUT2D eigenvalue weighted by molar-refractivity contribution is 5.88. The average Bonchev–Trinajstić information content (AvgIpc) is 2.31. The first kappa shape index (κ1) is 19.2. The van der Waals surface area contributed by atoms with Crippen molar-refractivity contribution in [3.63, 3.8) is 0 Å². The summed E-state index contributed by atoms with van der Waals surface area (Å²) in [6.07, 6.45) is -2.09. The normalized spacial score (nSPS) is 12.5. The minimum atomic E-state index is -1.41. The third kappa shape index (κ3) is 9.67. The Morgan fingerprint density at radius 2 is 1.76 bits per heavy atom. The van der Waals surface area contributed by atoms with Crippen LogP contribution in [0.5, 0.6) is 0 Å². The lowest BCUT2D eigenvalue weighted by Gasteiger charge is -2.21. The smallest absolute Gasteiger partial charge is 0.444 e. The molecule has 0 rings (SSSR count). The Morgan fingerprint density at radius 1 is 1.19 bits per heavy atom. The summed E-state index contributed by atoms with van der Waals surface area (Å²) in [4.78, 5) is 34.2. The molecule has 0 fully saturated rings. The molecule has 0 aliphatic rings. The first-order valence-corrected chi connectivity index (χ1v) is 6.54. The lowest BCUT2D eigenvalue weighted by molar-refractivity contribution is -0.143. The van der Waals surface area contributed by atoms with Crippen LogP contribution in [0, 0.1) is 5.92 Å². The number of amides is 1. The van der Waals surface area contributed by atoms with Crippen molar-refractivity contribution in [1.82, 2.24) is 5.32 Å². The van der Waals surface area contributed by atoms with Gasteiger partial charge in [-0.3, -0.25) is 0 Å². The summed E-state index contributed by atoms with van der Waals surface area (Å²) < 4.78 is 13.9. The number of esters is 1. The number of carbonyl (C=O) groups is 3. The Balaban J connectivity index is 4.36. The van der Waals surface area contributed by atoms with Crippen molar-refractivity contribution in [2.45, 2.75) is 46.3 Å². The van der Waals surface area contributed by atoms with Crippen LogP contribution in [0.25, 0.3) is 0 Å². The van der Waals surface area contributed by atoms with E-state index >= 15 is 0 Å². The van der Waals surface area contributed by atoms with E-state index in [0.717, 1.165) is 0 Å². The van der Waals surface area contributed by atoms with Crippen LogP contribution in [-0.2, 0) is 19.0 Å². The molecule has 0 bridgehead atoms. The van der Waals surface area contributed by atoms with Crippen LogP contribution in [0.1, 0.15) is 34.6 Å². The fourth-order valence-corrected chi connectivity index (χ4v) is 1.05. The van der Waals surface area contributed by atoms with Crippen molar-refractivity contribution in [2.75, 3.05) is 13.2 Å². The van der Waals surface area contributed by atoms with Crippen molar-refractivity contribution < 1.29 is 33.7 Å². The zero-order chi connectivity index (χ0) is 16.6. The van der Waals surface area contributed by atoms with Gasteiger partial charge in [-0.2, -0.15) is 0 Å². The van der Waals surface area contributed by atoms with Crippen molar-refractivity contribution in [3.8, 4) is 0 Å². The SMILES string of the molecule is CC(C)COC(=O)OC(=O)[C@@H](CO)NC(=O)OC(C)(C)C. The number of aliphatic hydroxyl groups is 1. The maximum absolute atomic E-state index is 11.6. The Labute approximate surface area is 123 Å². The molecule has 122 valence electrons. The largest absolute Gasteiger partial charge is 0.516 e. The molecular weight excluding hydrogens is 282 g/mol. The molecule has 0 saturated carbocycles. The van der Waals surface area contributed by atoms with E-state index in [9.17, 15) is 14.4 Å². The van der Waals surface area contributed by atoms with Gasteiger partial charge in [0.15, 0.2) is 6.04 Å². The van der Waals surface area contributed by atoms with E-state index in [1.807, 2.05) is 13.8 Å². The number of carbonyl (C=O) groups excluding carboxylic acids is 3. The molecule has 0 aromatic rings. The van der Waals surface area contributed by atoms with Gasteiger partial charge in [-0.25, -0.2) is 14.4 Å². The van der Waals surface area contributed by atoms with Crippen molar-refractivity contribution >= 4 is 18.2 Å². The van der Waals surface area contributed by atoms with Crippen molar-refractivity contribution in [3.05, 3.63) is 0 Å². The van der Waals surface area contributed by atoms with Gasteiger partial charge in [0.1, 0.15) is 5.60 Å². The molecule has 0 radical (unpaired) electrons. The zero-order valence-corrected chi connectivity index (χ0v) is 13.0. The molecule has 2 N–H and O–H groups in total. The highest BCUT2D eigenvalue weighted by Gasteiger charge is 2.27. The van der Waals surface area contributed by atoms with Gasteiger partial charge in [-0.15, -0.1) is 0 Å². The highest BCUT2D eigenvalue weighted by Crippen LogP contribution is 2.07. The number of hydrogen-bond acceptors (Lipinski definition) is 7. The molecule has 21 heavy (non-hydrogen) atoms. The molecule has 8 heteroatoms. The molecule has 0 heterocycles. The van der Waals surface area contributed by atoms with E-state index in [1.54, 1.807) is 20.8 Å². The first-order chi connectivity index (χ1) is 9.55. The topological polar surface area (TPSA) is 111 Å². The summed E-state index contributed by atoms with van der Waals surface area (Å²) in [6.45, 7) is 7.91. The number of ether oxygens (including phenoxy) is 3. The number of alkyl carbamates (subject to hydrolysis) is 1. The Morgan fingerprint density at radius 3 is 2.19 bits per heavy atom. The molecule has 0 aromatic carbocycles. The van der Waals surface area contributed by atoms with E-state index in [1.165, 1.54) is 0 Å². The Bertz CT molecular complexity index is 373. The van der Waals surface area contributed by atoms with Crippen LogP contribution in [0.3, 0.4) is 0 Å². The lowest BCUT2D eigenvalue weighted by Crippen LogP contribution is -2.46. The molecule has 0 aliphatic carbocycles. The predicted molar refractivity (Wildman–Crippen MR) is 72.5 cm³/mol. The molecule has 0 spiro atoms. The van der Waals surface area contributed by atoms with Gasteiger partial charge in [-0.1, -0.05) is 13.8 Å². The van der Waals surface area contributed by atoms with E-state index in [0.29, 0.717) is 0 Å². The monoisotopic (exact) mass is 305 g/mol. The van der Waals surface area contributed by atoms with Gasteiger partial charge >= 0.3 is 18.2 Å². The summed E-state index contributed by atoms with van der Waals surface area (Å²) in [6, 6.07) is -1.41. The minimum absolute atomic E-state index is 0.0844. The van der Waals surface area contributed by atoms with Crippen LogP contribution in [0.2, 0.25) is 0 Å². The number of aliphatic hydroxyl groups excluding tert-OH is 1. The molecule has 1 atom stereocenters. The van der Waals surface area contributed by atoms with Crippen LogP contribution in [0.4, 0.5) is 9.59 Å². The first-order valence-electron chi connectivity index (χ1n) is 6.54. The van der Waals surface area contributed by atoms with Gasteiger partial charge in [0.2, 0.25) is 0 Å². The van der Waals surface area contributed by atoms with Gasteiger partial charge < -0.3 is 24.6 Å². The van der Waals surface area contributed by atoms with Gasteiger partial charge in [0, 0.05) is 0 Å². The van der Waals surface area contributed by atoms with Crippen LogP contribution in [-0.4, -0.2) is 48.2 Å². The summed E-state index contributed by atoms with van der Waals surface area (Å²) in [5.74, 6) is -1.04. The lowest BCUT2D eigenvalue weighted by atomic mass is 10.2. The molecule has 0 aliphatic heterocycles. The van der Waals surface area contributed by atoms with Gasteiger partial charge in [0.05, 0.1) is 13.2 Å². The van der Waals surface area contributed by atoms with Gasteiger partial charge in [-0.05, 0) is 26.7 Å². The van der Waals surface area contributed by atoms with Crippen molar-refractivity contribution in [2.24, 2.45) is 5.92 Å². The second kappa shape index (κ2) is 8.46. The standard InChI is InChI=1S/C13H23NO7/c1-8(2)7-19-12(18)20-10(16)9(6-15)14-11(17)21-13(3,4)5/h8-9,15H,6-7H2,1-5H3,(H,14,17)/t9-/m1/s1. The Hall–Kier alpha value is -1.83. The summed E-state index contributed by atoms with van der Waals surface area (Å²) >= 11 is 0. The van der Waals surface area contributed by atoms with Crippen LogP contribution >= 0.6 is 0 Å². The second-order valence-corrected chi connectivity index (χ2v) is 5.76. The van der Waals surface area contributed by atoms with Crippen LogP contribution < -0.4 is 5.32 Å². The fraction of sp³-hybridized carbons (Fsp3) is 0.769. The molecule has 0 saturated heterocycles. The molecule has 0 unspecified atom stereocenters. The maximum Gasteiger partial charge on any atom is 0.516 e. The number of nitrogens with one attached hydrogen (secondary N) is 1. The van der Waals surface area contributed by atoms with Crippen LogP contribution in [0.15, 0.2) is 0 Å². The summed E-state index contributed by atoms with van der Waals surface area (Å²) in [5, 5.41) is 11.2. The zero-order valence-electron chi connectivity index (χ0n) is 13.0. The Kier molecular flexibility index (Phi) is 7.72. The fourth-order valence-electron chi connectivity index (χ4n) is 1.05. The average molecular weight is 305 g/mol. The number of rotatable bonds is 5. The minimum Gasteiger partial charge on any atom is -0.444 e. The quantitative estimate of drug-likeness (QED) is 0.580. The summed E-state index contributed by atoms with van der Waals surface area (Å²) in [5.41, 5.74) is -0.760. The van der Waals surface area contributed by atoms with E-state index in [4.69, 9.17) is 9.84 Å².